The molecule has 5 atom stereocenters. The summed E-state index contributed by atoms with van der Waals surface area (Å²) in [5, 5.41) is 14.8. The molecule has 2 rings (SSSR count). The Labute approximate surface area is 119 Å². The SMILES string of the molecule is CCC1CCC(NC(=O)NC2C=CC(C(=O)O)C2)C1C. The summed E-state index contributed by atoms with van der Waals surface area (Å²) in [4.78, 5) is 22.8. The van der Waals surface area contributed by atoms with Gasteiger partial charge in [-0.15, -0.1) is 0 Å². The van der Waals surface area contributed by atoms with E-state index in [4.69, 9.17) is 5.11 Å². The van der Waals surface area contributed by atoms with Gasteiger partial charge >= 0.3 is 12.0 Å². The maximum atomic E-state index is 12.0. The van der Waals surface area contributed by atoms with Gasteiger partial charge in [-0.05, 0) is 31.1 Å². The van der Waals surface area contributed by atoms with Crippen LogP contribution in [0.4, 0.5) is 4.79 Å². The maximum absolute atomic E-state index is 12.0. The number of amides is 2. The van der Waals surface area contributed by atoms with Gasteiger partial charge in [-0.1, -0.05) is 32.4 Å². The minimum Gasteiger partial charge on any atom is -0.481 e. The van der Waals surface area contributed by atoms with Crippen LogP contribution in [0.25, 0.3) is 0 Å². The van der Waals surface area contributed by atoms with Gasteiger partial charge < -0.3 is 15.7 Å². The molecule has 0 heterocycles. The third kappa shape index (κ3) is 3.32. The summed E-state index contributed by atoms with van der Waals surface area (Å²) in [6.45, 7) is 4.39. The molecule has 2 amide bonds. The van der Waals surface area contributed by atoms with E-state index < -0.39 is 11.9 Å². The number of nitrogens with one attached hydrogen (secondary N) is 2. The Morgan fingerprint density at radius 1 is 1.25 bits per heavy atom. The Balaban J connectivity index is 1.77. The summed E-state index contributed by atoms with van der Waals surface area (Å²) >= 11 is 0. The molecule has 0 spiro atoms. The highest BCUT2D eigenvalue weighted by atomic mass is 16.4. The molecule has 0 aromatic heterocycles. The number of carbonyl (C=O) groups excluding carboxylic acids is 1. The first-order valence-corrected chi connectivity index (χ1v) is 7.49. The second-order valence-corrected chi connectivity index (χ2v) is 6.00. The van der Waals surface area contributed by atoms with Gasteiger partial charge in [-0.3, -0.25) is 4.79 Å². The van der Waals surface area contributed by atoms with Crippen LogP contribution in [0, 0.1) is 17.8 Å². The second-order valence-electron chi connectivity index (χ2n) is 6.00. The molecule has 5 nitrogen and oxygen atoms in total. The van der Waals surface area contributed by atoms with Crippen LogP contribution in [0.1, 0.15) is 39.5 Å². The van der Waals surface area contributed by atoms with Crippen LogP contribution in [0.5, 0.6) is 0 Å². The van der Waals surface area contributed by atoms with Gasteiger partial charge in [0.05, 0.1) is 12.0 Å². The first-order chi connectivity index (χ1) is 9.51. The molecule has 0 aromatic carbocycles. The number of hydrogen-bond donors (Lipinski definition) is 3. The zero-order chi connectivity index (χ0) is 14.7. The summed E-state index contributed by atoms with van der Waals surface area (Å²) in [5.74, 6) is -0.101. The van der Waals surface area contributed by atoms with E-state index in [1.807, 2.05) is 0 Å². The third-order valence-electron chi connectivity index (χ3n) is 4.78. The van der Waals surface area contributed by atoms with Crippen molar-refractivity contribution < 1.29 is 14.7 Å². The van der Waals surface area contributed by atoms with Gasteiger partial charge in [0.2, 0.25) is 0 Å². The average Bonchev–Trinajstić information content (AvgIpc) is 2.98. The maximum Gasteiger partial charge on any atom is 0.315 e. The van der Waals surface area contributed by atoms with Gasteiger partial charge in [-0.25, -0.2) is 4.79 Å². The third-order valence-corrected chi connectivity index (χ3v) is 4.78. The molecule has 0 radical (unpaired) electrons. The van der Waals surface area contributed by atoms with Crippen LogP contribution in [0.2, 0.25) is 0 Å². The molecule has 2 aliphatic rings. The molecule has 112 valence electrons. The highest BCUT2D eigenvalue weighted by molar-refractivity contribution is 5.76. The van der Waals surface area contributed by atoms with E-state index in [1.165, 1.54) is 6.42 Å². The van der Waals surface area contributed by atoms with Crippen LogP contribution >= 0.6 is 0 Å². The van der Waals surface area contributed by atoms with Crippen molar-refractivity contribution in [2.24, 2.45) is 17.8 Å². The fourth-order valence-corrected chi connectivity index (χ4v) is 3.40. The lowest BCUT2D eigenvalue weighted by atomic mass is 9.93. The minimum atomic E-state index is -0.832. The van der Waals surface area contributed by atoms with E-state index in [-0.39, 0.29) is 18.1 Å². The molecule has 3 N–H and O–H groups in total. The predicted octanol–water partition coefficient (Wildman–Crippen LogP) is 2.14. The summed E-state index contributed by atoms with van der Waals surface area (Å²) in [6, 6.07) is -0.116. The molecule has 20 heavy (non-hydrogen) atoms. The molecule has 2 aliphatic carbocycles. The Morgan fingerprint density at radius 3 is 2.55 bits per heavy atom. The Kier molecular flexibility index (Phi) is 4.68. The predicted molar refractivity (Wildman–Crippen MR) is 76.3 cm³/mol. The Bertz CT molecular complexity index is 408. The molecule has 5 heteroatoms. The topological polar surface area (TPSA) is 78.4 Å². The number of urea groups is 1. The zero-order valence-corrected chi connectivity index (χ0v) is 12.1. The van der Waals surface area contributed by atoms with Crippen molar-refractivity contribution in [1.82, 2.24) is 10.6 Å². The quantitative estimate of drug-likeness (QED) is 0.690. The number of carboxylic acids is 1. The van der Waals surface area contributed by atoms with Crippen molar-refractivity contribution in [2.45, 2.75) is 51.6 Å². The molecule has 0 bridgehead atoms. The van der Waals surface area contributed by atoms with Crippen molar-refractivity contribution in [3.05, 3.63) is 12.2 Å². The van der Waals surface area contributed by atoms with Crippen molar-refractivity contribution in [1.29, 1.82) is 0 Å². The minimum absolute atomic E-state index is 0.171. The molecular formula is C15H24N2O3. The number of hydrogen-bond acceptors (Lipinski definition) is 2. The van der Waals surface area contributed by atoms with Crippen molar-refractivity contribution in [3.8, 4) is 0 Å². The first kappa shape index (κ1) is 14.9. The molecule has 5 unspecified atom stereocenters. The lowest BCUT2D eigenvalue weighted by Crippen LogP contribution is -2.46. The Morgan fingerprint density at radius 2 is 2.00 bits per heavy atom. The zero-order valence-electron chi connectivity index (χ0n) is 12.1. The van der Waals surface area contributed by atoms with Crippen LogP contribution in [-0.4, -0.2) is 29.2 Å². The van der Waals surface area contributed by atoms with Crippen LogP contribution in [0.3, 0.4) is 0 Å². The van der Waals surface area contributed by atoms with Gasteiger partial charge in [-0.2, -0.15) is 0 Å². The fraction of sp³-hybridized carbons (Fsp3) is 0.733. The molecule has 0 aromatic rings. The van der Waals surface area contributed by atoms with Crippen molar-refractivity contribution in [3.63, 3.8) is 0 Å². The lowest BCUT2D eigenvalue weighted by molar-refractivity contribution is -0.140. The van der Waals surface area contributed by atoms with Gasteiger partial charge in [0, 0.05) is 6.04 Å². The molecule has 1 fully saturated rings. The van der Waals surface area contributed by atoms with E-state index in [9.17, 15) is 9.59 Å². The fourth-order valence-electron chi connectivity index (χ4n) is 3.40. The monoisotopic (exact) mass is 280 g/mol. The largest absolute Gasteiger partial charge is 0.481 e. The van der Waals surface area contributed by atoms with Crippen LogP contribution < -0.4 is 10.6 Å². The second kappa shape index (κ2) is 6.29. The molecule has 1 saturated carbocycles. The summed E-state index contributed by atoms with van der Waals surface area (Å²) in [7, 11) is 0. The number of rotatable bonds is 4. The van der Waals surface area contributed by atoms with Gasteiger partial charge in [0.15, 0.2) is 0 Å². The van der Waals surface area contributed by atoms with Crippen molar-refractivity contribution in [2.75, 3.05) is 0 Å². The lowest BCUT2D eigenvalue weighted by Gasteiger charge is -2.22. The highest BCUT2D eigenvalue weighted by Crippen LogP contribution is 2.33. The molecule has 0 saturated heterocycles. The molecular weight excluding hydrogens is 256 g/mol. The summed E-state index contributed by atoms with van der Waals surface area (Å²) in [5.41, 5.74) is 0. The summed E-state index contributed by atoms with van der Waals surface area (Å²) in [6.07, 6.45) is 7.23. The standard InChI is InChI=1S/C15H24N2O3/c1-3-10-5-7-13(9(10)2)17-15(20)16-12-6-4-11(8-12)14(18)19/h4,6,9-13H,3,5,7-8H2,1-2H3,(H,18,19)(H2,16,17,20). The Hall–Kier alpha value is -1.52. The summed E-state index contributed by atoms with van der Waals surface area (Å²) < 4.78 is 0. The van der Waals surface area contributed by atoms with Crippen molar-refractivity contribution >= 4 is 12.0 Å². The van der Waals surface area contributed by atoms with E-state index >= 15 is 0 Å². The first-order valence-electron chi connectivity index (χ1n) is 7.49. The molecule has 0 aliphatic heterocycles. The van der Waals surface area contributed by atoms with E-state index in [1.54, 1.807) is 12.2 Å². The van der Waals surface area contributed by atoms with E-state index in [0.29, 0.717) is 18.3 Å². The van der Waals surface area contributed by atoms with Crippen LogP contribution in [0.15, 0.2) is 12.2 Å². The number of aliphatic carboxylic acids is 1. The van der Waals surface area contributed by atoms with Gasteiger partial charge in [0.1, 0.15) is 0 Å². The highest BCUT2D eigenvalue weighted by Gasteiger charge is 2.33. The number of carboxylic acid groups (broad SMARTS) is 1. The average molecular weight is 280 g/mol. The van der Waals surface area contributed by atoms with Crippen LogP contribution in [-0.2, 0) is 4.79 Å². The van der Waals surface area contributed by atoms with E-state index in [2.05, 4.69) is 24.5 Å². The van der Waals surface area contributed by atoms with Gasteiger partial charge in [0.25, 0.3) is 0 Å². The number of carbonyl (C=O) groups is 2. The van der Waals surface area contributed by atoms with E-state index in [0.717, 1.165) is 12.8 Å². The normalized spacial score (nSPS) is 36.0. The smallest absolute Gasteiger partial charge is 0.315 e.